The number of ether oxygens (including phenoxy) is 1. The molecule has 200 valence electrons. The standard InChI is InChI=1S/C30H37F2O4P/c1-17-9-24(37(33,34)35)10-18(2)29(17)36-26-8-7-25(27(31)28(26)32)22-3-5-23(6-4-22)30-14-19-11-20(15-30)13-21(12-19)16-30/h7-10,19-23H,3-6,11-16H2,1-2H3,(H2,33,34,35). The third kappa shape index (κ3) is 4.57. The molecule has 37 heavy (non-hydrogen) atoms. The van der Waals surface area contributed by atoms with Crippen molar-refractivity contribution >= 4 is 12.9 Å². The van der Waals surface area contributed by atoms with E-state index in [4.69, 9.17) is 4.74 Å². The van der Waals surface area contributed by atoms with Crippen LogP contribution in [0, 0.1) is 54.6 Å². The molecule has 4 nitrogen and oxygen atoms in total. The van der Waals surface area contributed by atoms with Crippen molar-refractivity contribution < 1.29 is 27.9 Å². The average Bonchev–Trinajstić information content (AvgIpc) is 2.82. The maximum Gasteiger partial charge on any atom is 0.356 e. The summed E-state index contributed by atoms with van der Waals surface area (Å²) in [7, 11) is -4.42. The van der Waals surface area contributed by atoms with Crippen molar-refractivity contribution in [2.45, 2.75) is 84.0 Å². The molecule has 2 N–H and O–H groups in total. The van der Waals surface area contributed by atoms with Gasteiger partial charge in [0, 0.05) is 0 Å². The molecule has 0 saturated heterocycles. The van der Waals surface area contributed by atoms with Crippen molar-refractivity contribution in [3.8, 4) is 11.5 Å². The van der Waals surface area contributed by atoms with Crippen LogP contribution in [0.1, 0.15) is 86.8 Å². The Bertz CT molecular complexity index is 1200. The smallest absolute Gasteiger partial charge is 0.356 e. The Morgan fingerprint density at radius 3 is 1.92 bits per heavy atom. The quantitative estimate of drug-likeness (QED) is 0.390. The zero-order chi connectivity index (χ0) is 26.1. The Labute approximate surface area is 218 Å². The van der Waals surface area contributed by atoms with Gasteiger partial charge in [0.25, 0.3) is 0 Å². The van der Waals surface area contributed by atoms with Crippen LogP contribution in [0.15, 0.2) is 24.3 Å². The normalized spacial score (nSPS) is 33.1. The number of rotatable bonds is 5. The third-order valence-corrected chi connectivity index (χ3v) is 11.1. The van der Waals surface area contributed by atoms with Crippen LogP contribution < -0.4 is 10.0 Å². The molecular weight excluding hydrogens is 493 g/mol. The molecule has 0 atom stereocenters. The lowest BCUT2D eigenvalue weighted by Crippen LogP contribution is -2.50. The molecular formula is C30H37F2O4P. The molecule has 7 rings (SSSR count). The molecule has 5 saturated carbocycles. The van der Waals surface area contributed by atoms with Gasteiger partial charge >= 0.3 is 7.60 Å². The number of hydrogen-bond donors (Lipinski definition) is 2. The molecule has 0 radical (unpaired) electrons. The van der Waals surface area contributed by atoms with E-state index in [9.17, 15) is 14.4 Å². The van der Waals surface area contributed by atoms with Gasteiger partial charge in [-0.2, -0.15) is 4.39 Å². The average molecular weight is 531 g/mol. The molecule has 5 aliphatic carbocycles. The highest BCUT2D eigenvalue weighted by Gasteiger charge is 2.54. The van der Waals surface area contributed by atoms with Crippen LogP contribution in [0.2, 0.25) is 0 Å². The van der Waals surface area contributed by atoms with Crippen molar-refractivity contribution in [3.05, 3.63) is 52.6 Å². The Morgan fingerprint density at radius 2 is 1.41 bits per heavy atom. The lowest BCUT2D eigenvalue weighted by Gasteiger charge is -2.60. The van der Waals surface area contributed by atoms with Gasteiger partial charge < -0.3 is 14.5 Å². The van der Waals surface area contributed by atoms with Gasteiger partial charge in [0.1, 0.15) is 5.75 Å². The van der Waals surface area contributed by atoms with E-state index in [2.05, 4.69) is 0 Å². The fourth-order valence-electron chi connectivity index (χ4n) is 9.00. The Kier molecular flexibility index (Phi) is 6.33. The topological polar surface area (TPSA) is 66.8 Å². The number of hydrogen-bond acceptors (Lipinski definition) is 2. The van der Waals surface area contributed by atoms with E-state index in [1.165, 1.54) is 56.7 Å². The minimum absolute atomic E-state index is 0.0275. The first-order valence-corrected chi connectivity index (χ1v) is 15.5. The first kappa shape index (κ1) is 25.5. The largest absolute Gasteiger partial charge is 0.454 e. The highest BCUT2D eigenvalue weighted by Crippen LogP contribution is 2.65. The zero-order valence-electron chi connectivity index (χ0n) is 21.7. The summed E-state index contributed by atoms with van der Waals surface area (Å²) >= 11 is 0. The summed E-state index contributed by atoms with van der Waals surface area (Å²) in [6, 6.07) is 5.81. The van der Waals surface area contributed by atoms with E-state index in [-0.39, 0.29) is 22.7 Å². The van der Waals surface area contributed by atoms with Crippen LogP contribution in [-0.2, 0) is 4.57 Å². The summed E-state index contributed by atoms with van der Waals surface area (Å²) in [6.45, 7) is 3.26. The Balaban J connectivity index is 1.17. The molecule has 0 amide bonds. The summed E-state index contributed by atoms with van der Waals surface area (Å²) in [4.78, 5) is 18.9. The number of benzene rings is 2. The summed E-state index contributed by atoms with van der Waals surface area (Å²) in [5.41, 5.74) is 1.86. The van der Waals surface area contributed by atoms with Crippen LogP contribution in [-0.4, -0.2) is 9.79 Å². The summed E-state index contributed by atoms with van der Waals surface area (Å²) in [5, 5.41) is -0.124. The van der Waals surface area contributed by atoms with E-state index in [1.807, 2.05) is 0 Å². The molecule has 0 unspecified atom stereocenters. The van der Waals surface area contributed by atoms with Crippen LogP contribution in [0.3, 0.4) is 0 Å². The van der Waals surface area contributed by atoms with Crippen LogP contribution >= 0.6 is 7.60 Å². The molecule has 4 bridgehead atoms. The maximum atomic E-state index is 15.3. The third-order valence-electron chi connectivity index (χ3n) is 10.2. The first-order chi connectivity index (χ1) is 17.5. The molecule has 5 fully saturated rings. The summed E-state index contributed by atoms with van der Waals surface area (Å²) in [5.74, 6) is 1.79. The number of aryl methyl sites for hydroxylation is 2. The van der Waals surface area contributed by atoms with Crippen molar-refractivity contribution in [2.75, 3.05) is 0 Å². The van der Waals surface area contributed by atoms with Gasteiger partial charge in [0.2, 0.25) is 5.82 Å². The molecule has 0 aromatic heterocycles. The molecule has 0 aliphatic heterocycles. The second kappa shape index (κ2) is 9.17. The monoisotopic (exact) mass is 530 g/mol. The van der Waals surface area contributed by atoms with E-state index in [1.54, 1.807) is 19.9 Å². The van der Waals surface area contributed by atoms with Gasteiger partial charge in [0.15, 0.2) is 11.6 Å². The van der Waals surface area contributed by atoms with Crippen LogP contribution in [0.5, 0.6) is 11.5 Å². The SMILES string of the molecule is Cc1cc(P(=O)(O)O)cc(C)c1Oc1ccc(C2CCC(C34CC5CC(CC(C5)C3)C4)CC2)c(F)c1F. The second-order valence-electron chi connectivity index (χ2n) is 12.7. The summed E-state index contributed by atoms with van der Waals surface area (Å²) < 4.78 is 47.9. The van der Waals surface area contributed by atoms with Gasteiger partial charge in [0.05, 0.1) is 5.30 Å². The predicted molar refractivity (Wildman–Crippen MR) is 139 cm³/mol. The van der Waals surface area contributed by atoms with E-state index in [0.29, 0.717) is 22.1 Å². The van der Waals surface area contributed by atoms with Crippen molar-refractivity contribution in [2.24, 2.45) is 29.1 Å². The lowest BCUT2D eigenvalue weighted by atomic mass is 9.45. The van der Waals surface area contributed by atoms with E-state index >= 15 is 8.78 Å². The predicted octanol–water partition coefficient (Wildman–Crippen LogP) is 7.67. The molecule has 2 aromatic rings. The minimum Gasteiger partial charge on any atom is -0.454 e. The van der Waals surface area contributed by atoms with Crippen molar-refractivity contribution in [1.82, 2.24) is 0 Å². The first-order valence-electron chi connectivity index (χ1n) is 13.9. The minimum atomic E-state index is -4.42. The fourth-order valence-corrected chi connectivity index (χ4v) is 9.73. The highest BCUT2D eigenvalue weighted by molar-refractivity contribution is 7.60. The molecule has 0 spiro atoms. The number of halogens is 2. The zero-order valence-corrected chi connectivity index (χ0v) is 22.6. The highest BCUT2D eigenvalue weighted by atomic mass is 31.2. The van der Waals surface area contributed by atoms with Crippen molar-refractivity contribution in [3.63, 3.8) is 0 Å². The van der Waals surface area contributed by atoms with Gasteiger partial charge in [-0.05, 0) is 148 Å². The molecule has 7 heteroatoms. The van der Waals surface area contributed by atoms with E-state index in [0.717, 1.165) is 49.4 Å². The second-order valence-corrected chi connectivity index (χ2v) is 14.3. The fraction of sp³-hybridized carbons (Fsp3) is 0.600. The van der Waals surface area contributed by atoms with Gasteiger partial charge in [-0.3, -0.25) is 4.57 Å². The maximum absolute atomic E-state index is 15.3. The van der Waals surface area contributed by atoms with E-state index < -0.39 is 19.2 Å². The molecule has 5 aliphatic rings. The van der Waals surface area contributed by atoms with Crippen LogP contribution in [0.25, 0.3) is 0 Å². The van der Waals surface area contributed by atoms with Crippen LogP contribution in [0.4, 0.5) is 8.78 Å². The van der Waals surface area contributed by atoms with Gasteiger partial charge in [-0.1, -0.05) is 6.07 Å². The van der Waals surface area contributed by atoms with Crippen molar-refractivity contribution in [1.29, 1.82) is 0 Å². The Hall–Kier alpha value is -1.75. The van der Waals surface area contributed by atoms with Gasteiger partial charge in [-0.25, -0.2) is 4.39 Å². The molecule has 2 aromatic carbocycles. The summed E-state index contributed by atoms with van der Waals surface area (Å²) in [6.07, 6.45) is 12.6. The Morgan fingerprint density at radius 1 is 0.865 bits per heavy atom. The van der Waals surface area contributed by atoms with Gasteiger partial charge in [-0.15, -0.1) is 0 Å². The molecule has 0 heterocycles. The lowest BCUT2D eigenvalue weighted by molar-refractivity contribution is -0.0959.